The molecule has 1 aromatic carbocycles. The summed E-state index contributed by atoms with van der Waals surface area (Å²) in [5, 5.41) is 3.08. The van der Waals surface area contributed by atoms with E-state index in [2.05, 4.69) is 21.3 Å². The average Bonchev–Trinajstić information content (AvgIpc) is 2.74. The molecule has 2 heterocycles. The SMILES string of the molecule is CC.CNc1cc(N2CCN(C(=O)OCc3ccccc3)CC2)cc(C)n1. The topological polar surface area (TPSA) is 57.7 Å². The molecule has 0 spiro atoms. The van der Waals surface area contributed by atoms with E-state index in [1.165, 1.54) is 0 Å². The van der Waals surface area contributed by atoms with E-state index in [4.69, 9.17) is 4.74 Å². The van der Waals surface area contributed by atoms with Crippen molar-refractivity contribution >= 4 is 17.6 Å². The van der Waals surface area contributed by atoms with Crippen molar-refractivity contribution in [1.29, 1.82) is 0 Å². The molecular formula is C21H30N4O2. The van der Waals surface area contributed by atoms with Crippen LogP contribution in [0.2, 0.25) is 0 Å². The number of hydrogen-bond acceptors (Lipinski definition) is 5. The molecule has 1 amide bonds. The summed E-state index contributed by atoms with van der Waals surface area (Å²) in [5.74, 6) is 0.861. The van der Waals surface area contributed by atoms with Gasteiger partial charge in [0.1, 0.15) is 12.4 Å². The first-order valence-electron chi connectivity index (χ1n) is 9.53. The molecule has 0 unspecified atom stereocenters. The number of aryl methyl sites for hydroxylation is 1. The van der Waals surface area contributed by atoms with Gasteiger partial charge in [0.05, 0.1) is 0 Å². The summed E-state index contributed by atoms with van der Waals surface area (Å²) in [7, 11) is 1.87. The molecule has 146 valence electrons. The maximum atomic E-state index is 12.2. The summed E-state index contributed by atoms with van der Waals surface area (Å²) < 4.78 is 5.41. The zero-order valence-corrected chi connectivity index (χ0v) is 16.7. The molecule has 27 heavy (non-hydrogen) atoms. The fourth-order valence-electron chi connectivity index (χ4n) is 2.92. The monoisotopic (exact) mass is 370 g/mol. The van der Waals surface area contributed by atoms with Crippen molar-refractivity contribution in [2.75, 3.05) is 43.4 Å². The Bertz CT molecular complexity index is 713. The number of nitrogens with zero attached hydrogens (tertiary/aromatic N) is 3. The number of carbonyl (C=O) groups is 1. The highest BCUT2D eigenvalue weighted by atomic mass is 16.6. The number of pyridine rings is 1. The van der Waals surface area contributed by atoms with Crippen LogP contribution in [-0.2, 0) is 11.3 Å². The second-order valence-electron chi connectivity index (χ2n) is 6.12. The van der Waals surface area contributed by atoms with Gasteiger partial charge in [0, 0.05) is 50.7 Å². The average molecular weight is 370 g/mol. The summed E-state index contributed by atoms with van der Waals surface area (Å²) >= 11 is 0. The van der Waals surface area contributed by atoms with Gasteiger partial charge in [0.25, 0.3) is 0 Å². The van der Waals surface area contributed by atoms with Gasteiger partial charge in [-0.3, -0.25) is 0 Å². The lowest BCUT2D eigenvalue weighted by Crippen LogP contribution is -2.49. The fourth-order valence-corrected chi connectivity index (χ4v) is 2.92. The minimum atomic E-state index is -0.245. The van der Waals surface area contributed by atoms with Crippen molar-refractivity contribution in [2.24, 2.45) is 0 Å². The molecule has 3 rings (SSSR count). The van der Waals surface area contributed by atoms with Crippen LogP contribution in [0, 0.1) is 6.92 Å². The van der Waals surface area contributed by atoms with E-state index in [0.29, 0.717) is 19.7 Å². The molecule has 1 fully saturated rings. The summed E-state index contributed by atoms with van der Waals surface area (Å²) in [6.07, 6.45) is -0.245. The Morgan fingerprint density at radius 1 is 1.11 bits per heavy atom. The highest BCUT2D eigenvalue weighted by molar-refractivity contribution is 5.68. The second kappa shape index (κ2) is 10.4. The molecule has 0 radical (unpaired) electrons. The van der Waals surface area contributed by atoms with E-state index in [-0.39, 0.29) is 6.09 Å². The van der Waals surface area contributed by atoms with Gasteiger partial charge in [-0.15, -0.1) is 0 Å². The van der Waals surface area contributed by atoms with Crippen LogP contribution in [0.3, 0.4) is 0 Å². The second-order valence-corrected chi connectivity index (χ2v) is 6.12. The zero-order chi connectivity index (χ0) is 19.6. The maximum Gasteiger partial charge on any atom is 0.410 e. The number of piperazine rings is 1. The van der Waals surface area contributed by atoms with Crippen LogP contribution in [0.1, 0.15) is 25.1 Å². The Morgan fingerprint density at radius 3 is 2.41 bits per heavy atom. The quantitative estimate of drug-likeness (QED) is 0.884. The number of carbonyl (C=O) groups excluding carboxylic acids is 1. The van der Waals surface area contributed by atoms with E-state index in [9.17, 15) is 4.79 Å². The van der Waals surface area contributed by atoms with Gasteiger partial charge in [-0.1, -0.05) is 44.2 Å². The Kier molecular flexibility index (Phi) is 7.92. The van der Waals surface area contributed by atoms with Gasteiger partial charge in [-0.05, 0) is 18.6 Å². The largest absolute Gasteiger partial charge is 0.445 e. The molecular weight excluding hydrogens is 340 g/mol. The third kappa shape index (κ3) is 5.88. The molecule has 1 aromatic heterocycles. The van der Waals surface area contributed by atoms with Crippen molar-refractivity contribution < 1.29 is 9.53 Å². The van der Waals surface area contributed by atoms with Gasteiger partial charge < -0.3 is 19.9 Å². The Labute approximate surface area is 162 Å². The van der Waals surface area contributed by atoms with Crippen molar-refractivity contribution in [3.05, 3.63) is 53.7 Å². The minimum absolute atomic E-state index is 0.245. The lowest BCUT2D eigenvalue weighted by Gasteiger charge is -2.35. The molecule has 6 nitrogen and oxygen atoms in total. The van der Waals surface area contributed by atoms with Crippen molar-refractivity contribution in [2.45, 2.75) is 27.4 Å². The van der Waals surface area contributed by atoms with Gasteiger partial charge in [0.15, 0.2) is 0 Å². The molecule has 1 saturated heterocycles. The number of benzene rings is 1. The number of ether oxygens (including phenoxy) is 1. The lowest BCUT2D eigenvalue weighted by molar-refractivity contribution is 0.0942. The van der Waals surface area contributed by atoms with Crippen molar-refractivity contribution in [3.63, 3.8) is 0 Å². The highest BCUT2D eigenvalue weighted by Crippen LogP contribution is 2.21. The summed E-state index contributed by atoms with van der Waals surface area (Å²) in [6, 6.07) is 13.9. The normalized spacial score (nSPS) is 13.5. The Balaban J connectivity index is 0.00000126. The van der Waals surface area contributed by atoms with E-state index >= 15 is 0 Å². The molecule has 2 aromatic rings. The summed E-state index contributed by atoms with van der Waals surface area (Å²) in [5.41, 5.74) is 3.11. The van der Waals surface area contributed by atoms with E-state index in [1.54, 1.807) is 4.90 Å². The van der Waals surface area contributed by atoms with Gasteiger partial charge >= 0.3 is 6.09 Å². The van der Waals surface area contributed by atoms with Gasteiger partial charge in [-0.2, -0.15) is 0 Å². The zero-order valence-electron chi connectivity index (χ0n) is 16.7. The van der Waals surface area contributed by atoms with Crippen LogP contribution < -0.4 is 10.2 Å². The maximum absolute atomic E-state index is 12.2. The van der Waals surface area contributed by atoms with E-state index in [0.717, 1.165) is 35.9 Å². The van der Waals surface area contributed by atoms with Crippen LogP contribution in [0.5, 0.6) is 0 Å². The summed E-state index contributed by atoms with van der Waals surface area (Å²) in [4.78, 5) is 20.7. The van der Waals surface area contributed by atoms with Crippen LogP contribution in [-0.4, -0.2) is 49.2 Å². The minimum Gasteiger partial charge on any atom is -0.445 e. The molecule has 6 heteroatoms. The lowest BCUT2D eigenvalue weighted by atomic mass is 10.2. The predicted molar refractivity (Wildman–Crippen MR) is 110 cm³/mol. The first kappa shape index (κ1) is 20.6. The number of amides is 1. The molecule has 1 aliphatic rings. The molecule has 1 N–H and O–H groups in total. The molecule has 0 bridgehead atoms. The first-order chi connectivity index (χ1) is 13.2. The van der Waals surface area contributed by atoms with Crippen molar-refractivity contribution in [1.82, 2.24) is 9.88 Å². The van der Waals surface area contributed by atoms with Crippen LogP contribution in [0.15, 0.2) is 42.5 Å². The third-order valence-corrected chi connectivity index (χ3v) is 4.30. The van der Waals surface area contributed by atoms with E-state index in [1.807, 2.05) is 64.2 Å². The Hall–Kier alpha value is -2.76. The smallest absolute Gasteiger partial charge is 0.410 e. The predicted octanol–water partition coefficient (Wildman–Crippen LogP) is 3.92. The van der Waals surface area contributed by atoms with Gasteiger partial charge in [0.2, 0.25) is 0 Å². The third-order valence-electron chi connectivity index (χ3n) is 4.30. The van der Waals surface area contributed by atoms with Crippen LogP contribution in [0.4, 0.5) is 16.3 Å². The molecule has 0 saturated carbocycles. The van der Waals surface area contributed by atoms with Crippen molar-refractivity contribution in [3.8, 4) is 0 Å². The fraction of sp³-hybridized carbons (Fsp3) is 0.429. The molecule has 0 atom stereocenters. The van der Waals surface area contributed by atoms with Crippen LogP contribution in [0.25, 0.3) is 0 Å². The first-order valence-corrected chi connectivity index (χ1v) is 9.53. The Morgan fingerprint density at radius 2 is 1.78 bits per heavy atom. The summed E-state index contributed by atoms with van der Waals surface area (Å²) in [6.45, 7) is 9.18. The molecule has 1 aliphatic heterocycles. The standard InChI is InChI=1S/C19H24N4O2.C2H6/c1-15-12-17(13-18(20-2)21-15)22-8-10-23(11-9-22)19(24)25-14-16-6-4-3-5-7-16;1-2/h3-7,12-13H,8-11,14H2,1-2H3,(H,20,21);1-2H3. The van der Waals surface area contributed by atoms with Crippen LogP contribution >= 0.6 is 0 Å². The number of rotatable bonds is 4. The number of nitrogens with one attached hydrogen (secondary N) is 1. The van der Waals surface area contributed by atoms with E-state index < -0.39 is 0 Å². The number of anilines is 2. The molecule has 0 aliphatic carbocycles. The number of aromatic nitrogens is 1. The highest BCUT2D eigenvalue weighted by Gasteiger charge is 2.22. The number of hydrogen-bond donors (Lipinski definition) is 1. The van der Waals surface area contributed by atoms with Gasteiger partial charge in [-0.25, -0.2) is 9.78 Å².